The summed E-state index contributed by atoms with van der Waals surface area (Å²) in [7, 11) is 1.40. The van der Waals surface area contributed by atoms with E-state index < -0.39 is 0 Å². The van der Waals surface area contributed by atoms with Crippen LogP contribution >= 0.6 is 15.9 Å². The summed E-state index contributed by atoms with van der Waals surface area (Å²) >= 11 is 3.57. The molecule has 0 saturated heterocycles. The van der Waals surface area contributed by atoms with Crippen LogP contribution in [0.3, 0.4) is 0 Å². The van der Waals surface area contributed by atoms with E-state index in [0.29, 0.717) is 18.3 Å². The van der Waals surface area contributed by atoms with E-state index in [1.54, 1.807) is 0 Å². The molecule has 3 aromatic carbocycles. The third kappa shape index (κ3) is 4.91. The first-order chi connectivity index (χ1) is 14.6. The zero-order valence-corrected chi connectivity index (χ0v) is 18.4. The number of methoxy groups -OCH3 is 1. The van der Waals surface area contributed by atoms with Crippen molar-refractivity contribution in [3.8, 4) is 11.5 Å². The van der Waals surface area contributed by atoms with Crippen LogP contribution in [0.4, 0.5) is 0 Å². The van der Waals surface area contributed by atoms with E-state index in [0.717, 1.165) is 34.2 Å². The van der Waals surface area contributed by atoms with Gasteiger partial charge in [-0.15, -0.1) is 0 Å². The number of ether oxygens (including phenoxy) is 2. The van der Waals surface area contributed by atoms with Crippen molar-refractivity contribution < 1.29 is 14.3 Å². The summed E-state index contributed by atoms with van der Waals surface area (Å²) in [4.78, 5) is 11.6. The van der Waals surface area contributed by atoms with E-state index in [1.807, 2.05) is 36.4 Å². The Labute approximate surface area is 185 Å². The molecule has 30 heavy (non-hydrogen) atoms. The molecule has 3 aromatic rings. The fourth-order valence-electron chi connectivity index (χ4n) is 3.87. The lowest BCUT2D eigenvalue weighted by Gasteiger charge is -2.17. The molecular weight excluding hydrogens is 442 g/mol. The topological polar surface area (TPSA) is 47.6 Å². The zero-order valence-electron chi connectivity index (χ0n) is 16.9. The van der Waals surface area contributed by atoms with Crippen LogP contribution in [0.15, 0.2) is 71.2 Å². The summed E-state index contributed by atoms with van der Waals surface area (Å²) in [6.07, 6.45) is 2.45. The van der Waals surface area contributed by atoms with E-state index in [2.05, 4.69) is 51.6 Å². The van der Waals surface area contributed by atoms with Gasteiger partial charge in [0.05, 0.1) is 13.5 Å². The highest BCUT2D eigenvalue weighted by Crippen LogP contribution is 2.33. The molecule has 1 aliphatic carbocycles. The van der Waals surface area contributed by atoms with Crippen LogP contribution in [0.2, 0.25) is 0 Å². The molecule has 154 valence electrons. The number of fused-ring (bicyclic) bond motifs is 1. The molecule has 0 amide bonds. The van der Waals surface area contributed by atoms with Crippen molar-refractivity contribution in [2.24, 2.45) is 0 Å². The molecular formula is C25H24BrNO3. The molecule has 0 aromatic heterocycles. The Morgan fingerprint density at radius 2 is 1.97 bits per heavy atom. The maximum atomic E-state index is 11.6. The monoisotopic (exact) mass is 465 g/mol. The van der Waals surface area contributed by atoms with E-state index in [4.69, 9.17) is 9.47 Å². The highest BCUT2D eigenvalue weighted by molar-refractivity contribution is 9.10. The predicted octanol–water partition coefficient (Wildman–Crippen LogP) is 5.73. The maximum absolute atomic E-state index is 11.6. The number of carbonyl (C=O) groups is 1. The van der Waals surface area contributed by atoms with Gasteiger partial charge in [-0.3, -0.25) is 4.79 Å². The Morgan fingerprint density at radius 1 is 1.10 bits per heavy atom. The van der Waals surface area contributed by atoms with Gasteiger partial charge in [0.1, 0.15) is 11.5 Å². The lowest BCUT2D eigenvalue weighted by atomic mass is 10.1. The summed E-state index contributed by atoms with van der Waals surface area (Å²) in [5, 5.41) is 3.69. The average molecular weight is 466 g/mol. The molecule has 1 aliphatic rings. The summed E-state index contributed by atoms with van der Waals surface area (Å²) in [6, 6.07) is 22.6. The van der Waals surface area contributed by atoms with Gasteiger partial charge in [0, 0.05) is 22.6 Å². The van der Waals surface area contributed by atoms with Crippen LogP contribution in [0, 0.1) is 0 Å². The first-order valence-electron chi connectivity index (χ1n) is 10.1. The second-order valence-corrected chi connectivity index (χ2v) is 8.34. The zero-order chi connectivity index (χ0) is 20.9. The fraction of sp³-hybridized carbons (Fsp3) is 0.240. The molecule has 0 saturated carbocycles. The van der Waals surface area contributed by atoms with Gasteiger partial charge in [-0.25, -0.2) is 0 Å². The van der Waals surface area contributed by atoms with Crippen LogP contribution in [-0.2, 0) is 28.9 Å². The largest absolute Gasteiger partial charge is 0.469 e. The van der Waals surface area contributed by atoms with Crippen molar-refractivity contribution in [3.05, 3.63) is 93.5 Å². The van der Waals surface area contributed by atoms with Crippen LogP contribution < -0.4 is 10.1 Å². The van der Waals surface area contributed by atoms with Gasteiger partial charge < -0.3 is 14.8 Å². The number of benzene rings is 3. The minimum Gasteiger partial charge on any atom is -0.469 e. The van der Waals surface area contributed by atoms with Crippen molar-refractivity contribution in [2.45, 2.75) is 31.8 Å². The molecule has 0 aliphatic heterocycles. The summed E-state index contributed by atoms with van der Waals surface area (Å²) in [5.41, 5.74) is 4.76. The number of aryl methyl sites for hydroxylation is 1. The molecule has 0 unspecified atom stereocenters. The van der Waals surface area contributed by atoms with Gasteiger partial charge in [-0.2, -0.15) is 0 Å². The summed E-state index contributed by atoms with van der Waals surface area (Å²) in [6.45, 7) is 0.704. The number of rotatable bonds is 7. The molecule has 0 radical (unpaired) electrons. The Kier molecular flexibility index (Phi) is 6.50. The van der Waals surface area contributed by atoms with Gasteiger partial charge >= 0.3 is 5.97 Å². The molecule has 0 heterocycles. The van der Waals surface area contributed by atoms with Crippen LogP contribution in [0.1, 0.15) is 34.7 Å². The first-order valence-corrected chi connectivity index (χ1v) is 10.8. The standard InChI is InChI=1S/C25H24BrNO3/c1-29-25(28)14-17-5-4-7-21(13-17)30-24-12-10-20(26)15-19(24)16-27-23-11-9-18-6-2-3-8-22(18)23/h2-8,10,12-13,15,23,27H,9,11,14,16H2,1H3/t23-/m0/s1. The first kappa shape index (κ1) is 20.6. The second-order valence-electron chi connectivity index (χ2n) is 7.43. The molecule has 4 nitrogen and oxygen atoms in total. The second kappa shape index (κ2) is 9.45. The number of esters is 1. The van der Waals surface area contributed by atoms with Crippen molar-refractivity contribution in [1.82, 2.24) is 5.32 Å². The molecule has 5 heteroatoms. The predicted molar refractivity (Wildman–Crippen MR) is 121 cm³/mol. The summed E-state index contributed by atoms with van der Waals surface area (Å²) in [5.74, 6) is 1.23. The summed E-state index contributed by atoms with van der Waals surface area (Å²) < 4.78 is 12.0. The highest BCUT2D eigenvalue weighted by atomic mass is 79.9. The van der Waals surface area contributed by atoms with Gasteiger partial charge in [0.15, 0.2) is 0 Å². The average Bonchev–Trinajstić information content (AvgIpc) is 3.17. The Morgan fingerprint density at radius 3 is 2.83 bits per heavy atom. The fourth-order valence-corrected chi connectivity index (χ4v) is 4.28. The van der Waals surface area contributed by atoms with Gasteiger partial charge in [-0.1, -0.05) is 52.3 Å². The third-order valence-corrected chi connectivity index (χ3v) is 5.89. The minimum atomic E-state index is -0.266. The number of hydrogen-bond donors (Lipinski definition) is 1. The van der Waals surface area contributed by atoms with Gasteiger partial charge in [0.2, 0.25) is 0 Å². The Balaban J connectivity index is 1.49. The molecule has 0 spiro atoms. The molecule has 0 fully saturated rings. The smallest absolute Gasteiger partial charge is 0.309 e. The SMILES string of the molecule is COC(=O)Cc1cccc(Oc2ccc(Br)cc2CN[C@H]2CCc3ccccc32)c1. The van der Waals surface area contributed by atoms with Crippen molar-refractivity contribution >= 4 is 21.9 Å². The molecule has 1 N–H and O–H groups in total. The van der Waals surface area contributed by atoms with Crippen LogP contribution in [0.5, 0.6) is 11.5 Å². The molecule has 0 bridgehead atoms. The number of nitrogens with one attached hydrogen (secondary N) is 1. The normalized spacial score (nSPS) is 14.9. The van der Waals surface area contributed by atoms with Crippen LogP contribution in [-0.4, -0.2) is 13.1 Å². The van der Waals surface area contributed by atoms with Gasteiger partial charge in [-0.05, 0) is 59.9 Å². The van der Waals surface area contributed by atoms with Gasteiger partial charge in [0.25, 0.3) is 0 Å². The highest BCUT2D eigenvalue weighted by Gasteiger charge is 2.21. The lowest BCUT2D eigenvalue weighted by Crippen LogP contribution is -2.19. The minimum absolute atomic E-state index is 0.226. The van der Waals surface area contributed by atoms with Crippen molar-refractivity contribution in [2.75, 3.05) is 7.11 Å². The quantitative estimate of drug-likeness (QED) is 0.452. The van der Waals surface area contributed by atoms with Crippen molar-refractivity contribution in [3.63, 3.8) is 0 Å². The molecule has 1 atom stereocenters. The van der Waals surface area contributed by atoms with Crippen molar-refractivity contribution in [1.29, 1.82) is 0 Å². The van der Waals surface area contributed by atoms with E-state index in [9.17, 15) is 4.79 Å². The lowest BCUT2D eigenvalue weighted by molar-refractivity contribution is -0.139. The van der Waals surface area contributed by atoms with E-state index >= 15 is 0 Å². The number of carbonyl (C=O) groups excluding carboxylic acids is 1. The molecule has 4 rings (SSSR count). The maximum Gasteiger partial charge on any atom is 0.309 e. The third-order valence-electron chi connectivity index (χ3n) is 5.40. The van der Waals surface area contributed by atoms with E-state index in [1.165, 1.54) is 18.2 Å². The number of hydrogen-bond acceptors (Lipinski definition) is 4. The van der Waals surface area contributed by atoms with Crippen LogP contribution in [0.25, 0.3) is 0 Å². The number of halogens is 1. The Hall–Kier alpha value is -2.63. The Bertz CT molecular complexity index is 1050. The van der Waals surface area contributed by atoms with E-state index in [-0.39, 0.29) is 12.4 Å².